The Balaban J connectivity index is 2.08. The minimum Gasteiger partial charge on any atom is -0.348 e. The van der Waals surface area contributed by atoms with Crippen molar-refractivity contribution in [1.29, 1.82) is 0 Å². The molecule has 24 heavy (non-hydrogen) atoms. The van der Waals surface area contributed by atoms with Gasteiger partial charge in [0.1, 0.15) is 6.54 Å². The lowest BCUT2D eigenvalue weighted by molar-refractivity contribution is -0.143. The number of imide groups is 2. The van der Waals surface area contributed by atoms with Crippen LogP contribution in [0.4, 0.5) is 4.79 Å². The van der Waals surface area contributed by atoms with E-state index in [1.807, 2.05) is 33.8 Å². The predicted molar refractivity (Wildman–Crippen MR) is 87.1 cm³/mol. The van der Waals surface area contributed by atoms with Gasteiger partial charge in [0.05, 0.1) is 6.04 Å². The van der Waals surface area contributed by atoms with Gasteiger partial charge in [-0.05, 0) is 49.9 Å². The molecule has 1 N–H and O–H groups in total. The lowest BCUT2D eigenvalue weighted by atomic mass is 9.96. The number of rotatable bonds is 4. The first-order valence-corrected chi connectivity index (χ1v) is 7.64. The molecule has 0 unspecified atom stereocenters. The third-order valence-electron chi connectivity index (χ3n) is 4.28. The fourth-order valence-corrected chi connectivity index (χ4v) is 2.71. The highest BCUT2D eigenvalue weighted by Gasteiger charge is 2.43. The smallest absolute Gasteiger partial charge is 0.334 e. The van der Waals surface area contributed by atoms with Gasteiger partial charge in [-0.2, -0.15) is 0 Å². The fraction of sp³-hybridized carbons (Fsp3) is 0.412. The lowest BCUT2D eigenvalue weighted by Gasteiger charge is -2.20. The number of likely N-dealkylation sites (N-methyl/N-ethyl adjacent to an activating group) is 1. The van der Waals surface area contributed by atoms with E-state index < -0.39 is 30.3 Å². The Bertz CT molecular complexity index is 742. The van der Waals surface area contributed by atoms with Crippen LogP contribution in [0.3, 0.4) is 0 Å². The summed E-state index contributed by atoms with van der Waals surface area (Å²) in [5.74, 6) is -2.40. The summed E-state index contributed by atoms with van der Waals surface area (Å²) < 4.78 is 0. The highest BCUT2D eigenvalue weighted by Crippen LogP contribution is 2.21. The molecule has 0 saturated carbocycles. The molecule has 0 aromatic heterocycles. The number of hydrogen-bond acceptors (Lipinski definition) is 4. The number of benzene rings is 1. The molecule has 1 aromatic carbocycles. The fourth-order valence-electron chi connectivity index (χ4n) is 2.71. The summed E-state index contributed by atoms with van der Waals surface area (Å²) in [6.07, 6.45) is 0. The molecule has 128 valence electrons. The normalized spacial score (nSPS) is 16.0. The zero-order valence-electron chi connectivity index (χ0n) is 14.5. The summed E-state index contributed by atoms with van der Waals surface area (Å²) in [6, 6.07) is 3.00. The van der Waals surface area contributed by atoms with E-state index >= 15 is 0 Å². The molecule has 0 aliphatic carbocycles. The van der Waals surface area contributed by atoms with Crippen LogP contribution in [0.2, 0.25) is 0 Å². The molecule has 1 aliphatic heterocycles. The van der Waals surface area contributed by atoms with Crippen molar-refractivity contribution in [3.05, 3.63) is 34.4 Å². The van der Waals surface area contributed by atoms with Gasteiger partial charge in [0.15, 0.2) is 0 Å². The maximum atomic E-state index is 12.2. The molecule has 1 fully saturated rings. The second-order valence-electron chi connectivity index (χ2n) is 6.12. The van der Waals surface area contributed by atoms with E-state index in [0.29, 0.717) is 9.80 Å². The van der Waals surface area contributed by atoms with Crippen molar-refractivity contribution in [1.82, 2.24) is 15.1 Å². The summed E-state index contributed by atoms with van der Waals surface area (Å²) in [4.78, 5) is 48.4. The van der Waals surface area contributed by atoms with Crippen molar-refractivity contribution in [3.8, 4) is 0 Å². The third kappa shape index (κ3) is 3.15. The molecule has 1 heterocycles. The van der Waals surface area contributed by atoms with Crippen molar-refractivity contribution in [2.75, 3.05) is 13.6 Å². The Kier molecular flexibility index (Phi) is 4.73. The second-order valence-corrected chi connectivity index (χ2v) is 6.12. The quantitative estimate of drug-likeness (QED) is 0.664. The third-order valence-corrected chi connectivity index (χ3v) is 4.28. The molecule has 1 aliphatic rings. The van der Waals surface area contributed by atoms with Crippen molar-refractivity contribution in [3.63, 3.8) is 0 Å². The van der Waals surface area contributed by atoms with Crippen molar-refractivity contribution in [2.45, 2.75) is 33.7 Å². The van der Waals surface area contributed by atoms with Crippen LogP contribution in [0, 0.1) is 20.8 Å². The van der Waals surface area contributed by atoms with Gasteiger partial charge in [-0.15, -0.1) is 0 Å². The first-order chi connectivity index (χ1) is 11.1. The van der Waals surface area contributed by atoms with Crippen molar-refractivity contribution in [2.24, 2.45) is 0 Å². The predicted octanol–water partition coefficient (Wildman–Crippen LogP) is 1.21. The van der Waals surface area contributed by atoms with Crippen LogP contribution in [-0.4, -0.2) is 47.1 Å². The highest BCUT2D eigenvalue weighted by atomic mass is 16.2. The molecule has 2 rings (SSSR count). The van der Waals surface area contributed by atoms with E-state index in [0.717, 1.165) is 16.7 Å². The van der Waals surface area contributed by atoms with Crippen LogP contribution in [0.25, 0.3) is 0 Å². The number of carbonyl (C=O) groups excluding carboxylic acids is 4. The number of carbonyl (C=O) groups is 4. The summed E-state index contributed by atoms with van der Waals surface area (Å²) in [5, 5.41) is 2.77. The van der Waals surface area contributed by atoms with E-state index in [1.165, 1.54) is 12.6 Å². The van der Waals surface area contributed by atoms with Gasteiger partial charge in [0.2, 0.25) is 5.91 Å². The number of amides is 5. The molecule has 1 aromatic rings. The maximum Gasteiger partial charge on any atom is 0.334 e. The Labute approximate surface area is 140 Å². The van der Waals surface area contributed by atoms with E-state index in [2.05, 4.69) is 11.4 Å². The zero-order valence-corrected chi connectivity index (χ0v) is 14.5. The van der Waals surface area contributed by atoms with E-state index in [4.69, 9.17) is 0 Å². The number of nitrogens with one attached hydrogen (secondary N) is 1. The molecule has 0 radical (unpaired) electrons. The number of nitrogens with zero attached hydrogens (tertiary/aromatic N) is 2. The van der Waals surface area contributed by atoms with Crippen LogP contribution in [0.1, 0.15) is 35.2 Å². The summed E-state index contributed by atoms with van der Waals surface area (Å²) in [5.41, 5.74) is 4.31. The van der Waals surface area contributed by atoms with Gasteiger partial charge < -0.3 is 5.32 Å². The van der Waals surface area contributed by atoms with Crippen molar-refractivity contribution < 1.29 is 19.2 Å². The summed E-state index contributed by atoms with van der Waals surface area (Å²) in [7, 11) is 1.21. The van der Waals surface area contributed by atoms with Gasteiger partial charge in [0.25, 0.3) is 0 Å². The Morgan fingerprint density at radius 1 is 1.04 bits per heavy atom. The Morgan fingerprint density at radius 3 is 2.17 bits per heavy atom. The monoisotopic (exact) mass is 331 g/mol. The van der Waals surface area contributed by atoms with E-state index in [9.17, 15) is 19.2 Å². The molecular formula is C17H21N3O4. The molecule has 1 saturated heterocycles. The van der Waals surface area contributed by atoms with E-state index in [1.54, 1.807) is 0 Å². The SMILES string of the molecule is Cc1cc(C)c([C@@H](C)NC(=O)CN2C(=O)C(=O)N(C)C2=O)cc1C. The standard InChI is InChI=1S/C17H21N3O4/c1-9-6-11(3)13(7-10(9)2)12(4)18-14(21)8-20-16(23)15(22)19(5)17(20)24/h6-7,12H,8H2,1-5H3,(H,18,21)/t12-/m1/s1. The molecule has 5 amide bonds. The first kappa shape index (κ1) is 17.7. The van der Waals surface area contributed by atoms with Gasteiger partial charge in [-0.25, -0.2) is 9.69 Å². The average molecular weight is 331 g/mol. The molecule has 1 atom stereocenters. The largest absolute Gasteiger partial charge is 0.348 e. The minimum absolute atomic E-state index is 0.280. The molecule has 7 nitrogen and oxygen atoms in total. The summed E-state index contributed by atoms with van der Waals surface area (Å²) in [6.45, 7) is 7.34. The maximum absolute atomic E-state index is 12.2. The van der Waals surface area contributed by atoms with Crippen LogP contribution in [-0.2, 0) is 14.4 Å². The van der Waals surface area contributed by atoms with Crippen LogP contribution in [0.5, 0.6) is 0 Å². The zero-order chi connectivity index (χ0) is 18.2. The second kappa shape index (κ2) is 6.43. The Hall–Kier alpha value is -2.70. The van der Waals surface area contributed by atoms with E-state index in [-0.39, 0.29) is 6.04 Å². The number of hydrogen-bond donors (Lipinski definition) is 1. The van der Waals surface area contributed by atoms with Gasteiger partial charge >= 0.3 is 17.8 Å². The summed E-state index contributed by atoms with van der Waals surface area (Å²) >= 11 is 0. The average Bonchev–Trinajstić information content (AvgIpc) is 2.68. The first-order valence-electron chi connectivity index (χ1n) is 7.64. The number of aryl methyl sites for hydroxylation is 3. The van der Waals surface area contributed by atoms with Gasteiger partial charge in [-0.3, -0.25) is 19.3 Å². The number of urea groups is 1. The molecule has 7 heteroatoms. The molecular weight excluding hydrogens is 310 g/mol. The van der Waals surface area contributed by atoms with Crippen molar-refractivity contribution >= 4 is 23.8 Å². The molecule has 0 spiro atoms. The van der Waals surface area contributed by atoms with Gasteiger partial charge in [-0.1, -0.05) is 12.1 Å². The topological polar surface area (TPSA) is 86.8 Å². The minimum atomic E-state index is -0.979. The van der Waals surface area contributed by atoms with Crippen LogP contribution in [0.15, 0.2) is 12.1 Å². The van der Waals surface area contributed by atoms with Crippen LogP contribution < -0.4 is 5.32 Å². The Morgan fingerprint density at radius 2 is 1.62 bits per heavy atom. The lowest BCUT2D eigenvalue weighted by Crippen LogP contribution is -2.41. The van der Waals surface area contributed by atoms with Gasteiger partial charge in [0, 0.05) is 7.05 Å². The van der Waals surface area contributed by atoms with Crippen LogP contribution >= 0.6 is 0 Å². The highest BCUT2D eigenvalue weighted by molar-refractivity contribution is 6.44. The molecule has 0 bridgehead atoms.